The van der Waals surface area contributed by atoms with Gasteiger partial charge in [0.1, 0.15) is 0 Å². The molecule has 1 unspecified atom stereocenters. The summed E-state index contributed by atoms with van der Waals surface area (Å²) in [7, 11) is -4.04. The third-order valence-corrected chi connectivity index (χ3v) is 8.01. The smallest absolute Gasteiger partial charge is 0.0455 e. The van der Waals surface area contributed by atoms with Crippen LogP contribution < -0.4 is 15.3 Å². The van der Waals surface area contributed by atoms with Gasteiger partial charge in [-0.25, -0.2) is 0 Å². The van der Waals surface area contributed by atoms with E-state index in [0.717, 1.165) is 22.3 Å². The number of carboxylic acids is 1. The molecule has 0 saturated heterocycles. The largest absolute Gasteiger partial charge is 0.798 e. The Morgan fingerprint density at radius 1 is 0.875 bits per heavy atom. The summed E-state index contributed by atoms with van der Waals surface area (Å²) in [5.74, 6) is -3.33. The highest BCUT2D eigenvalue weighted by Gasteiger charge is 2.25. The van der Waals surface area contributed by atoms with Gasteiger partial charge >= 0.3 is 0 Å². The summed E-state index contributed by atoms with van der Waals surface area (Å²) >= 11 is 0. The lowest BCUT2D eigenvalue weighted by atomic mass is 9.98. The first-order valence-electron chi connectivity index (χ1n) is 10.7. The van der Waals surface area contributed by atoms with Crippen molar-refractivity contribution in [3.63, 3.8) is 0 Å². The van der Waals surface area contributed by atoms with Gasteiger partial charge in [0.25, 0.3) is 0 Å². The number of carboxylic acid groups (broad SMARTS) is 1. The molecule has 0 saturated carbocycles. The Hall–Kier alpha value is -2.72. The van der Waals surface area contributed by atoms with Gasteiger partial charge in [0.05, 0.1) is 0 Å². The Morgan fingerprint density at radius 3 is 1.97 bits per heavy atom. The highest BCUT2D eigenvalue weighted by atomic mass is 31.2. The molecule has 0 radical (unpaired) electrons. The predicted molar refractivity (Wildman–Crippen MR) is 124 cm³/mol. The molecular formula is C26H28NO4P-2. The van der Waals surface area contributed by atoms with Crippen LogP contribution in [0.1, 0.15) is 31.0 Å². The van der Waals surface area contributed by atoms with Gasteiger partial charge in [-0.3, -0.25) is 0 Å². The Bertz CT molecular complexity index is 1050. The van der Waals surface area contributed by atoms with Crippen molar-refractivity contribution in [2.45, 2.75) is 32.1 Å². The number of benzene rings is 3. The molecule has 32 heavy (non-hydrogen) atoms. The molecule has 0 aromatic heterocycles. The highest BCUT2D eigenvalue weighted by Crippen LogP contribution is 2.43. The van der Waals surface area contributed by atoms with E-state index in [9.17, 15) is 19.4 Å². The molecule has 0 aliphatic carbocycles. The van der Waals surface area contributed by atoms with Crippen molar-refractivity contribution in [2.75, 3.05) is 6.16 Å². The Morgan fingerprint density at radius 2 is 1.41 bits per heavy atom. The normalized spacial score (nSPS) is 16.0. The zero-order valence-corrected chi connectivity index (χ0v) is 19.2. The predicted octanol–water partition coefficient (Wildman–Crippen LogP) is 3.60. The average molecular weight is 449 g/mol. The minimum atomic E-state index is -4.04. The summed E-state index contributed by atoms with van der Waals surface area (Å²) in [6, 6.07) is 26.7. The van der Waals surface area contributed by atoms with Crippen molar-refractivity contribution < 1.29 is 19.4 Å². The first kappa shape index (κ1) is 23.9. The molecule has 0 aliphatic heterocycles. The third-order valence-electron chi connectivity index (χ3n) is 5.73. The second kappa shape index (κ2) is 10.7. The van der Waals surface area contributed by atoms with Crippen LogP contribution in [0.4, 0.5) is 0 Å². The van der Waals surface area contributed by atoms with E-state index in [1.54, 1.807) is 6.92 Å². The molecule has 168 valence electrons. The van der Waals surface area contributed by atoms with E-state index in [2.05, 4.69) is 5.32 Å². The molecule has 4 atom stereocenters. The molecule has 6 heteroatoms. The lowest BCUT2D eigenvalue weighted by molar-refractivity contribution is -0.311. The van der Waals surface area contributed by atoms with E-state index < -0.39 is 31.2 Å². The van der Waals surface area contributed by atoms with Crippen LogP contribution in [0, 0.1) is 5.92 Å². The van der Waals surface area contributed by atoms with Crippen molar-refractivity contribution in [1.29, 1.82) is 0 Å². The lowest BCUT2D eigenvalue weighted by Crippen LogP contribution is -2.40. The van der Waals surface area contributed by atoms with Gasteiger partial charge in [0, 0.05) is 31.1 Å². The van der Waals surface area contributed by atoms with Gasteiger partial charge in [-0.2, -0.15) is 0 Å². The summed E-state index contributed by atoms with van der Waals surface area (Å²) in [6.45, 7) is 3.45. The van der Waals surface area contributed by atoms with Crippen LogP contribution in [-0.2, 0) is 15.8 Å². The van der Waals surface area contributed by atoms with Crippen molar-refractivity contribution in [3.05, 3.63) is 96.1 Å². The number of carbonyl (C=O) groups excluding carboxylic acids is 1. The van der Waals surface area contributed by atoms with E-state index in [1.807, 2.05) is 91.9 Å². The monoisotopic (exact) mass is 449 g/mol. The van der Waals surface area contributed by atoms with Gasteiger partial charge in [-0.15, -0.1) is 0 Å². The molecule has 0 aliphatic rings. The maximum absolute atomic E-state index is 12.9. The minimum Gasteiger partial charge on any atom is -0.798 e. The number of hydrogen-bond acceptors (Lipinski definition) is 5. The number of aliphatic carboxylic acids is 1. The first-order valence-corrected chi connectivity index (χ1v) is 12.6. The minimum absolute atomic E-state index is 0.102. The van der Waals surface area contributed by atoms with Crippen molar-refractivity contribution in [3.8, 4) is 11.1 Å². The van der Waals surface area contributed by atoms with Crippen LogP contribution >= 0.6 is 7.37 Å². The lowest BCUT2D eigenvalue weighted by Gasteiger charge is -2.36. The molecule has 3 aromatic carbocycles. The SMILES string of the molecule is C[C@H](N[C@@H](C)P(=O)([O-])C[C@@H](Cc1ccc(-c2ccccc2)cc1)C(=O)[O-])c1ccccc1. The Kier molecular flexibility index (Phi) is 8.03. The Balaban J connectivity index is 1.66. The van der Waals surface area contributed by atoms with Crippen LogP contribution in [0.25, 0.3) is 11.1 Å². The zero-order chi connectivity index (χ0) is 23.1. The fourth-order valence-corrected chi connectivity index (χ4v) is 5.41. The Labute approximate surface area is 189 Å². The fourth-order valence-electron chi connectivity index (χ4n) is 3.75. The van der Waals surface area contributed by atoms with E-state index in [1.165, 1.54) is 0 Å². The topological polar surface area (TPSA) is 92.3 Å². The van der Waals surface area contributed by atoms with Crippen molar-refractivity contribution in [2.24, 2.45) is 5.92 Å². The molecule has 0 amide bonds. The van der Waals surface area contributed by atoms with Crippen LogP contribution in [0.15, 0.2) is 84.9 Å². The van der Waals surface area contributed by atoms with E-state index in [4.69, 9.17) is 0 Å². The molecule has 1 N–H and O–H groups in total. The van der Waals surface area contributed by atoms with E-state index >= 15 is 0 Å². The quantitative estimate of drug-likeness (QED) is 0.478. The van der Waals surface area contributed by atoms with E-state index in [0.29, 0.717) is 0 Å². The van der Waals surface area contributed by atoms with Crippen molar-refractivity contribution in [1.82, 2.24) is 5.32 Å². The second-order valence-corrected chi connectivity index (χ2v) is 10.8. The van der Waals surface area contributed by atoms with Crippen LogP contribution in [0.5, 0.6) is 0 Å². The summed E-state index contributed by atoms with van der Waals surface area (Å²) in [6.07, 6.45) is -0.351. The molecule has 3 aromatic rings. The average Bonchev–Trinajstić information content (AvgIpc) is 2.80. The van der Waals surface area contributed by atoms with Gasteiger partial charge < -0.3 is 24.7 Å². The van der Waals surface area contributed by atoms with Gasteiger partial charge in [0.15, 0.2) is 0 Å². The third kappa shape index (κ3) is 6.39. The van der Waals surface area contributed by atoms with Crippen LogP contribution in [0.3, 0.4) is 0 Å². The van der Waals surface area contributed by atoms with Crippen molar-refractivity contribution >= 4 is 13.3 Å². The molecule has 0 bridgehead atoms. The molecule has 0 heterocycles. The molecule has 0 fully saturated rings. The molecule has 5 nitrogen and oxygen atoms in total. The highest BCUT2D eigenvalue weighted by molar-refractivity contribution is 7.57. The van der Waals surface area contributed by atoms with Gasteiger partial charge in [-0.05, 0) is 48.7 Å². The number of hydrogen-bond donors (Lipinski definition) is 1. The molecule has 0 spiro atoms. The van der Waals surface area contributed by atoms with Gasteiger partial charge in [-0.1, -0.05) is 84.9 Å². The summed E-state index contributed by atoms with van der Waals surface area (Å²) < 4.78 is 12.9. The number of carbonyl (C=O) groups is 1. The first-order chi connectivity index (χ1) is 15.3. The number of rotatable bonds is 10. The van der Waals surface area contributed by atoms with E-state index in [-0.39, 0.29) is 12.5 Å². The second-order valence-electron chi connectivity index (χ2n) is 8.17. The summed E-state index contributed by atoms with van der Waals surface area (Å²) in [5, 5.41) is 14.8. The summed E-state index contributed by atoms with van der Waals surface area (Å²) in [5.41, 5.74) is 3.81. The molecular weight excluding hydrogens is 421 g/mol. The van der Waals surface area contributed by atoms with Crippen LogP contribution in [0.2, 0.25) is 0 Å². The maximum atomic E-state index is 12.9. The molecule has 3 rings (SSSR count). The van der Waals surface area contributed by atoms with Crippen LogP contribution in [-0.4, -0.2) is 17.9 Å². The standard InChI is InChI=1S/C26H30NO4P/c1-19(22-9-5-3-6-10-22)27-20(2)32(30,31)18-25(26(28)29)17-21-13-15-24(16-14-21)23-11-7-4-8-12-23/h3-16,19-20,25,27H,17-18H2,1-2H3,(H,28,29)(H,30,31)/p-2/t19-,20+,25+/m0/s1. The van der Waals surface area contributed by atoms with Gasteiger partial charge in [0.2, 0.25) is 0 Å². The fraction of sp³-hybridized carbons (Fsp3) is 0.269. The number of nitrogens with one attached hydrogen (secondary N) is 1. The maximum Gasteiger partial charge on any atom is 0.0455 e. The summed E-state index contributed by atoms with van der Waals surface area (Å²) in [4.78, 5) is 24.7. The zero-order valence-electron chi connectivity index (χ0n) is 18.3.